The van der Waals surface area contributed by atoms with E-state index in [9.17, 15) is 9.59 Å². The van der Waals surface area contributed by atoms with Crippen molar-refractivity contribution in [3.05, 3.63) is 51.1 Å². The second kappa shape index (κ2) is 8.79. The van der Waals surface area contributed by atoms with Gasteiger partial charge in [-0.2, -0.15) is 0 Å². The molecule has 4 rings (SSSR count). The Morgan fingerprint density at radius 3 is 2.81 bits per heavy atom. The predicted molar refractivity (Wildman–Crippen MR) is 121 cm³/mol. The van der Waals surface area contributed by atoms with E-state index >= 15 is 4.39 Å². The largest absolute Gasteiger partial charge is 0.480 e. The number of aromatic nitrogens is 2. The molecule has 1 aliphatic carbocycles. The smallest absolute Gasteiger partial charge is 0.323 e. The van der Waals surface area contributed by atoms with Gasteiger partial charge in [-0.05, 0) is 78.1 Å². The quantitative estimate of drug-likeness (QED) is 0.296. The molecule has 1 fully saturated rings. The third kappa shape index (κ3) is 4.79. The number of nitrogens with one attached hydrogen (secondary N) is 2. The summed E-state index contributed by atoms with van der Waals surface area (Å²) in [5.41, 5.74) is 4.00. The van der Waals surface area contributed by atoms with Crippen LogP contribution >= 0.6 is 22.6 Å². The molecular formula is C21H20FIN4O4. The molecule has 0 bridgehead atoms. The first-order chi connectivity index (χ1) is 14.8. The van der Waals surface area contributed by atoms with Crippen molar-refractivity contribution >= 4 is 56.9 Å². The second-order valence-corrected chi connectivity index (χ2v) is 8.76. The molecule has 1 heterocycles. The predicted octanol–water partition coefficient (Wildman–Crippen LogP) is 3.99. The van der Waals surface area contributed by atoms with E-state index in [0.717, 1.165) is 22.0 Å². The number of anilines is 2. The number of rotatable bonds is 8. The molecule has 0 saturated heterocycles. The van der Waals surface area contributed by atoms with Gasteiger partial charge in [0.2, 0.25) is 0 Å². The molecule has 10 heteroatoms. The Morgan fingerprint density at radius 2 is 2.13 bits per heavy atom. The molecule has 1 amide bonds. The summed E-state index contributed by atoms with van der Waals surface area (Å²) in [7, 11) is 0. The van der Waals surface area contributed by atoms with Crippen LogP contribution in [0, 0.1) is 22.2 Å². The van der Waals surface area contributed by atoms with E-state index in [1.807, 2.05) is 19.1 Å². The van der Waals surface area contributed by atoms with Gasteiger partial charge in [0.1, 0.15) is 12.1 Å². The number of hydroxylamine groups is 1. The number of aryl methyl sites for hydroxylation is 1. The maximum Gasteiger partial charge on any atom is 0.323 e. The van der Waals surface area contributed by atoms with Gasteiger partial charge in [0.15, 0.2) is 5.82 Å². The lowest BCUT2D eigenvalue weighted by molar-refractivity contribution is -0.137. The summed E-state index contributed by atoms with van der Waals surface area (Å²) in [6, 6.07) is 7.02. The van der Waals surface area contributed by atoms with Crippen molar-refractivity contribution in [3.63, 3.8) is 0 Å². The SMILES string of the molecule is Cc1cc(I)ccc1Nc1c(C(=O)NOCC2CC2)cc2c(ncn2CC(=O)O)c1F. The van der Waals surface area contributed by atoms with Crippen molar-refractivity contribution in [2.45, 2.75) is 26.3 Å². The van der Waals surface area contributed by atoms with Crippen LogP contribution in [-0.4, -0.2) is 33.1 Å². The molecule has 2 aromatic carbocycles. The van der Waals surface area contributed by atoms with Gasteiger partial charge >= 0.3 is 5.97 Å². The molecule has 8 nitrogen and oxygen atoms in total. The first-order valence-electron chi connectivity index (χ1n) is 9.68. The van der Waals surface area contributed by atoms with Gasteiger partial charge in [0, 0.05) is 9.26 Å². The van der Waals surface area contributed by atoms with Crippen LogP contribution in [0.1, 0.15) is 28.8 Å². The van der Waals surface area contributed by atoms with Crippen molar-refractivity contribution in [2.75, 3.05) is 11.9 Å². The van der Waals surface area contributed by atoms with Gasteiger partial charge in [-0.25, -0.2) is 14.9 Å². The number of imidazole rings is 1. The maximum absolute atomic E-state index is 15.5. The highest BCUT2D eigenvalue weighted by molar-refractivity contribution is 14.1. The van der Waals surface area contributed by atoms with E-state index in [0.29, 0.717) is 18.2 Å². The number of carboxylic acids is 1. The van der Waals surface area contributed by atoms with Crippen molar-refractivity contribution in [1.82, 2.24) is 15.0 Å². The fraction of sp³-hybridized carbons (Fsp3) is 0.286. The summed E-state index contributed by atoms with van der Waals surface area (Å²) in [5, 5.41) is 12.1. The minimum Gasteiger partial charge on any atom is -0.480 e. The molecule has 0 atom stereocenters. The third-order valence-electron chi connectivity index (χ3n) is 5.04. The van der Waals surface area contributed by atoms with Crippen molar-refractivity contribution in [2.24, 2.45) is 5.92 Å². The van der Waals surface area contributed by atoms with Crippen molar-refractivity contribution < 1.29 is 23.9 Å². The van der Waals surface area contributed by atoms with Gasteiger partial charge in [0.25, 0.3) is 5.91 Å². The molecular weight excluding hydrogens is 518 g/mol. The van der Waals surface area contributed by atoms with Gasteiger partial charge in [0.05, 0.1) is 29.7 Å². The number of carbonyl (C=O) groups is 2. The molecule has 3 N–H and O–H groups in total. The average molecular weight is 538 g/mol. The van der Waals surface area contributed by atoms with Gasteiger partial charge in [-0.1, -0.05) is 0 Å². The molecule has 1 saturated carbocycles. The van der Waals surface area contributed by atoms with E-state index in [1.165, 1.54) is 17.0 Å². The molecule has 0 spiro atoms. The number of hydrogen-bond acceptors (Lipinski definition) is 5. The van der Waals surface area contributed by atoms with E-state index in [2.05, 4.69) is 38.4 Å². The Hall–Kier alpha value is -2.73. The van der Waals surface area contributed by atoms with Gasteiger partial charge in [-0.15, -0.1) is 0 Å². The van der Waals surface area contributed by atoms with E-state index in [-0.39, 0.29) is 22.3 Å². The lowest BCUT2D eigenvalue weighted by atomic mass is 10.1. The van der Waals surface area contributed by atoms with E-state index in [4.69, 9.17) is 9.94 Å². The highest BCUT2D eigenvalue weighted by atomic mass is 127. The monoisotopic (exact) mass is 538 g/mol. The molecule has 1 aromatic heterocycles. The standard InChI is InChI=1S/C21H20FIN4O4/c1-11-6-13(23)4-5-15(11)25-19-14(21(30)26-31-9-12-2-3-12)7-16-20(18(19)22)24-10-27(16)8-17(28)29/h4-7,10,12,25H,2-3,8-9H2,1H3,(H,26,30)(H,28,29). The highest BCUT2D eigenvalue weighted by Gasteiger charge is 2.25. The molecule has 31 heavy (non-hydrogen) atoms. The van der Waals surface area contributed by atoms with E-state index < -0.39 is 24.2 Å². The van der Waals surface area contributed by atoms with Gasteiger partial charge < -0.3 is 15.0 Å². The summed E-state index contributed by atoms with van der Waals surface area (Å²) in [4.78, 5) is 33.3. The van der Waals surface area contributed by atoms with Gasteiger partial charge in [-0.3, -0.25) is 14.4 Å². The Labute approximate surface area is 190 Å². The summed E-state index contributed by atoms with van der Waals surface area (Å²) >= 11 is 2.18. The molecule has 1 aliphatic rings. The van der Waals surface area contributed by atoms with Crippen LogP contribution in [0.4, 0.5) is 15.8 Å². The minimum absolute atomic E-state index is 0.00844. The number of aliphatic carboxylic acids is 1. The van der Waals surface area contributed by atoms with Crippen molar-refractivity contribution in [1.29, 1.82) is 0 Å². The number of carbonyl (C=O) groups excluding carboxylic acids is 1. The summed E-state index contributed by atoms with van der Waals surface area (Å²) < 4.78 is 17.8. The maximum atomic E-state index is 15.5. The number of halogens is 2. The third-order valence-corrected chi connectivity index (χ3v) is 5.71. The van der Waals surface area contributed by atoms with Crippen molar-refractivity contribution in [3.8, 4) is 0 Å². The number of fused-ring (bicyclic) bond motifs is 1. The van der Waals surface area contributed by atoms with Crippen LogP contribution in [0.15, 0.2) is 30.6 Å². The molecule has 0 radical (unpaired) electrons. The molecule has 0 unspecified atom stereocenters. The summed E-state index contributed by atoms with van der Waals surface area (Å²) in [6.07, 6.45) is 3.36. The molecule has 0 aliphatic heterocycles. The summed E-state index contributed by atoms with van der Waals surface area (Å²) in [6.45, 7) is 1.87. The first-order valence-corrected chi connectivity index (χ1v) is 10.8. The number of nitrogens with zero attached hydrogens (tertiary/aromatic N) is 2. The topological polar surface area (TPSA) is 105 Å². The molecule has 162 valence electrons. The Kier molecular flexibility index (Phi) is 6.10. The average Bonchev–Trinajstić information content (AvgIpc) is 3.45. The van der Waals surface area contributed by atoms with Crippen LogP contribution in [0.3, 0.4) is 0 Å². The van der Waals surface area contributed by atoms with Crippen LogP contribution in [0.25, 0.3) is 11.0 Å². The zero-order valence-electron chi connectivity index (χ0n) is 16.6. The zero-order valence-corrected chi connectivity index (χ0v) is 18.8. The van der Waals surface area contributed by atoms with E-state index in [1.54, 1.807) is 6.07 Å². The Morgan fingerprint density at radius 1 is 1.35 bits per heavy atom. The minimum atomic E-state index is -1.10. The second-order valence-electron chi connectivity index (χ2n) is 7.52. The number of amides is 1. The number of hydrogen-bond donors (Lipinski definition) is 3. The zero-order chi connectivity index (χ0) is 22.1. The number of carboxylic acid groups (broad SMARTS) is 1. The number of benzene rings is 2. The van der Waals surface area contributed by atoms with Crippen LogP contribution in [-0.2, 0) is 16.2 Å². The van der Waals surface area contributed by atoms with Crippen LogP contribution in [0.2, 0.25) is 0 Å². The van der Waals surface area contributed by atoms with Crippen LogP contribution < -0.4 is 10.8 Å². The fourth-order valence-corrected chi connectivity index (χ4v) is 3.84. The first kappa shape index (κ1) is 21.5. The van der Waals surface area contributed by atoms with Crippen LogP contribution in [0.5, 0.6) is 0 Å². The summed E-state index contributed by atoms with van der Waals surface area (Å²) in [5.74, 6) is -2.04. The normalized spacial score (nSPS) is 13.4. The lowest BCUT2D eigenvalue weighted by Crippen LogP contribution is -2.26. The lowest BCUT2D eigenvalue weighted by Gasteiger charge is -2.16. The highest BCUT2D eigenvalue weighted by Crippen LogP contribution is 2.33. The fourth-order valence-electron chi connectivity index (χ4n) is 3.20. The Bertz CT molecular complexity index is 1180. The molecule has 3 aromatic rings. The Balaban J connectivity index is 1.76.